The summed E-state index contributed by atoms with van der Waals surface area (Å²) in [5.74, 6) is 4.62. The zero-order chi connectivity index (χ0) is 42.0. The van der Waals surface area contributed by atoms with E-state index < -0.39 is 0 Å². The summed E-state index contributed by atoms with van der Waals surface area (Å²) >= 11 is 17.9. The summed E-state index contributed by atoms with van der Waals surface area (Å²) in [5, 5.41) is 2.43. The van der Waals surface area contributed by atoms with E-state index in [0.717, 1.165) is 89.8 Å². The van der Waals surface area contributed by atoms with Gasteiger partial charge in [0.25, 0.3) is 0 Å². The monoisotopic (exact) mass is 841 g/mol. The Morgan fingerprint density at radius 1 is 0.404 bits per heavy atom. The third-order valence-electron chi connectivity index (χ3n) is 13.0. The fraction of sp³-hybridized carbons (Fsp3) is 0.625. The standard InChI is InChI=1S/3C16H25ClN2/c3*1-12(2)15-9-10-19(11-16(15)18(3)4)14-7-5-13(17)6-8-14/h3*5-8,12,15-16H,9-11H2,1-4H3/t3*15-,16-/m110/s1. The summed E-state index contributed by atoms with van der Waals surface area (Å²) in [6.45, 7) is 20.8. The van der Waals surface area contributed by atoms with Crippen LogP contribution in [-0.2, 0) is 0 Å². The lowest BCUT2D eigenvalue weighted by atomic mass is 9.82. The van der Waals surface area contributed by atoms with Gasteiger partial charge in [0, 0.05) is 89.5 Å². The minimum atomic E-state index is 0.629. The summed E-state index contributed by atoms with van der Waals surface area (Å²) in [6.07, 6.45) is 3.80. The van der Waals surface area contributed by atoms with E-state index in [1.54, 1.807) is 0 Å². The maximum atomic E-state index is 5.97. The Labute approximate surface area is 363 Å². The third kappa shape index (κ3) is 13.7. The van der Waals surface area contributed by atoms with Crippen molar-refractivity contribution in [1.29, 1.82) is 0 Å². The molecule has 0 unspecified atom stereocenters. The number of halogens is 3. The second-order valence-corrected chi connectivity index (χ2v) is 19.8. The first-order chi connectivity index (χ1) is 27.0. The molecule has 0 N–H and O–H groups in total. The van der Waals surface area contributed by atoms with Gasteiger partial charge in [0.05, 0.1) is 0 Å². The van der Waals surface area contributed by atoms with Gasteiger partial charge in [0.15, 0.2) is 0 Å². The van der Waals surface area contributed by atoms with E-state index in [-0.39, 0.29) is 0 Å². The SMILES string of the molecule is CC(C)[C@@H]1CCN(c2ccc(Cl)cc2)C[C@@H]1N(C)C.CC(C)[C@H]1CCN(c2ccc(Cl)cc2)C[C@H]1N(C)C.CC(C)[C@H]1CCN(c2ccc(Cl)cc2)C[C@H]1N(C)C. The molecule has 3 aromatic rings. The van der Waals surface area contributed by atoms with Crippen LogP contribution in [0.4, 0.5) is 17.1 Å². The molecule has 6 rings (SSSR count). The Morgan fingerprint density at radius 2 is 0.614 bits per heavy atom. The van der Waals surface area contributed by atoms with Crippen LogP contribution < -0.4 is 14.7 Å². The molecule has 3 aromatic carbocycles. The number of hydrogen-bond acceptors (Lipinski definition) is 6. The molecule has 3 aliphatic rings. The Balaban J connectivity index is 0.000000189. The fourth-order valence-electron chi connectivity index (χ4n) is 9.48. The van der Waals surface area contributed by atoms with Crippen LogP contribution in [0, 0.1) is 35.5 Å². The highest BCUT2D eigenvalue weighted by Crippen LogP contribution is 2.33. The van der Waals surface area contributed by atoms with Crippen LogP contribution in [0.3, 0.4) is 0 Å². The quantitative estimate of drug-likeness (QED) is 0.212. The van der Waals surface area contributed by atoms with Crippen LogP contribution in [0.5, 0.6) is 0 Å². The van der Waals surface area contributed by atoms with Crippen molar-refractivity contribution in [2.45, 2.75) is 78.9 Å². The normalized spacial score (nSPS) is 24.3. The van der Waals surface area contributed by atoms with Crippen molar-refractivity contribution in [3.05, 3.63) is 87.9 Å². The van der Waals surface area contributed by atoms with Crippen molar-refractivity contribution in [2.24, 2.45) is 35.5 Å². The van der Waals surface area contributed by atoms with Gasteiger partial charge in [0.1, 0.15) is 0 Å². The number of nitrogens with zero attached hydrogens (tertiary/aromatic N) is 6. The molecule has 0 radical (unpaired) electrons. The van der Waals surface area contributed by atoms with E-state index in [9.17, 15) is 0 Å². The lowest BCUT2D eigenvalue weighted by molar-refractivity contribution is 0.145. The number of hydrogen-bond donors (Lipinski definition) is 0. The fourth-order valence-corrected chi connectivity index (χ4v) is 9.86. The summed E-state index contributed by atoms with van der Waals surface area (Å²) in [4.78, 5) is 14.6. The number of benzene rings is 3. The molecule has 6 nitrogen and oxygen atoms in total. The number of likely N-dealkylation sites (N-methyl/N-ethyl adjacent to an activating group) is 3. The van der Waals surface area contributed by atoms with Gasteiger partial charge in [-0.3, -0.25) is 0 Å². The van der Waals surface area contributed by atoms with Crippen LogP contribution in [0.25, 0.3) is 0 Å². The van der Waals surface area contributed by atoms with Gasteiger partial charge in [-0.05, 0) is 170 Å². The first-order valence-corrected chi connectivity index (χ1v) is 22.6. The Bertz CT molecular complexity index is 1390. The number of piperidine rings is 3. The maximum absolute atomic E-state index is 5.97. The number of anilines is 3. The molecule has 0 aromatic heterocycles. The zero-order valence-corrected chi connectivity index (χ0v) is 39.6. The average Bonchev–Trinajstić information content (AvgIpc) is 3.18. The van der Waals surface area contributed by atoms with E-state index in [1.807, 2.05) is 36.4 Å². The molecule has 318 valence electrons. The van der Waals surface area contributed by atoms with Crippen molar-refractivity contribution >= 4 is 51.9 Å². The molecule has 6 atom stereocenters. The summed E-state index contributed by atoms with van der Waals surface area (Å²) in [5.41, 5.74) is 3.87. The highest BCUT2D eigenvalue weighted by Gasteiger charge is 2.35. The van der Waals surface area contributed by atoms with Crippen LogP contribution in [0.15, 0.2) is 72.8 Å². The Morgan fingerprint density at radius 3 is 0.789 bits per heavy atom. The van der Waals surface area contributed by atoms with Gasteiger partial charge in [-0.25, -0.2) is 0 Å². The van der Waals surface area contributed by atoms with Crippen LogP contribution >= 0.6 is 34.8 Å². The average molecular weight is 843 g/mol. The molecule has 0 amide bonds. The Kier molecular flexibility index (Phi) is 18.7. The van der Waals surface area contributed by atoms with E-state index in [2.05, 4.69) is 150 Å². The summed E-state index contributed by atoms with van der Waals surface area (Å²) in [6, 6.07) is 26.6. The lowest BCUT2D eigenvalue weighted by Gasteiger charge is -2.44. The lowest BCUT2D eigenvalue weighted by Crippen LogP contribution is -2.51. The molecule has 9 heteroatoms. The minimum absolute atomic E-state index is 0.629. The molecule has 57 heavy (non-hydrogen) atoms. The van der Waals surface area contributed by atoms with E-state index in [1.165, 1.54) is 36.3 Å². The molecule has 0 aliphatic carbocycles. The molecular formula is C48H75Cl3N6. The van der Waals surface area contributed by atoms with Gasteiger partial charge < -0.3 is 29.4 Å². The van der Waals surface area contributed by atoms with E-state index in [0.29, 0.717) is 18.1 Å². The maximum Gasteiger partial charge on any atom is 0.0407 e. The van der Waals surface area contributed by atoms with E-state index in [4.69, 9.17) is 34.8 Å². The van der Waals surface area contributed by atoms with Crippen LogP contribution in [-0.4, -0.2) is 114 Å². The Hall–Kier alpha value is -2.19. The first kappa shape index (κ1) is 47.5. The second-order valence-electron chi connectivity index (χ2n) is 18.4. The molecular weight excluding hydrogens is 767 g/mol. The predicted molar refractivity (Wildman–Crippen MR) is 252 cm³/mol. The van der Waals surface area contributed by atoms with E-state index >= 15 is 0 Å². The largest absolute Gasteiger partial charge is 0.370 e. The van der Waals surface area contributed by atoms with Crippen LogP contribution in [0.1, 0.15) is 60.8 Å². The molecule has 3 aliphatic heterocycles. The van der Waals surface area contributed by atoms with Gasteiger partial charge in [0.2, 0.25) is 0 Å². The molecule has 3 saturated heterocycles. The minimum Gasteiger partial charge on any atom is -0.370 e. The summed E-state index contributed by atoms with van der Waals surface area (Å²) in [7, 11) is 13.2. The number of rotatable bonds is 9. The molecule has 0 spiro atoms. The van der Waals surface area contributed by atoms with Crippen molar-refractivity contribution in [2.75, 3.05) is 96.3 Å². The van der Waals surface area contributed by atoms with Crippen molar-refractivity contribution in [3.63, 3.8) is 0 Å². The smallest absolute Gasteiger partial charge is 0.0407 e. The highest BCUT2D eigenvalue weighted by atomic mass is 35.5. The van der Waals surface area contributed by atoms with Crippen LogP contribution in [0.2, 0.25) is 15.1 Å². The van der Waals surface area contributed by atoms with Gasteiger partial charge in [-0.15, -0.1) is 0 Å². The van der Waals surface area contributed by atoms with Gasteiger partial charge in [-0.1, -0.05) is 76.3 Å². The predicted octanol–water partition coefficient (Wildman–Crippen LogP) is 11.3. The van der Waals surface area contributed by atoms with Gasteiger partial charge >= 0.3 is 0 Å². The molecule has 3 fully saturated rings. The van der Waals surface area contributed by atoms with Crippen molar-refractivity contribution in [1.82, 2.24) is 14.7 Å². The third-order valence-corrected chi connectivity index (χ3v) is 13.8. The molecule has 0 saturated carbocycles. The molecule has 0 bridgehead atoms. The second kappa shape index (κ2) is 22.4. The van der Waals surface area contributed by atoms with Gasteiger partial charge in [-0.2, -0.15) is 0 Å². The topological polar surface area (TPSA) is 19.4 Å². The highest BCUT2D eigenvalue weighted by molar-refractivity contribution is 6.31. The van der Waals surface area contributed by atoms with Crippen molar-refractivity contribution in [3.8, 4) is 0 Å². The summed E-state index contributed by atoms with van der Waals surface area (Å²) < 4.78 is 0. The van der Waals surface area contributed by atoms with Crippen molar-refractivity contribution < 1.29 is 0 Å². The molecule has 3 heterocycles. The first-order valence-electron chi connectivity index (χ1n) is 21.5. The zero-order valence-electron chi connectivity index (χ0n) is 37.3.